The van der Waals surface area contributed by atoms with Crippen molar-refractivity contribution < 1.29 is 0 Å². The Labute approximate surface area is 109 Å². The monoisotopic (exact) mass is 249 g/mol. The minimum absolute atomic E-state index is 0.706. The molecular weight excluding hydrogens is 226 g/mol. The predicted octanol–water partition coefficient (Wildman–Crippen LogP) is 3.85. The first-order valence-electron chi connectivity index (χ1n) is 6.62. The molecule has 0 saturated heterocycles. The van der Waals surface area contributed by atoms with Crippen LogP contribution in [0.25, 0.3) is 0 Å². The molecule has 1 aromatic carbocycles. The summed E-state index contributed by atoms with van der Waals surface area (Å²) in [5.41, 5.74) is 7.24. The molecule has 1 fully saturated rings. The number of rotatable bonds is 3. The van der Waals surface area contributed by atoms with Crippen LogP contribution < -0.4 is 5.73 Å². The molecule has 0 spiro atoms. The maximum atomic E-state index is 5.90. The quantitative estimate of drug-likeness (QED) is 0.880. The molecule has 2 heteroatoms. The van der Waals surface area contributed by atoms with E-state index in [1.54, 1.807) is 0 Å². The molecule has 1 aliphatic rings. The fraction of sp³-hybridized carbons (Fsp3) is 0.600. The number of benzene rings is 1. The van der Waals surface area contributed by atoms with Gasteiger partial charge in [0.05, 0.1) is 0 Å². The van der Waals surface area contributed by atoms with Gasteiger partial charge in [-0.2, -0.15) is 0 Å². The van der Waals surface area contributed by atoms with E-state index in [1.165, 1.54) is 29.7 Å². The van der Waals surface area contributed by atoms with E-state index in [1.807, 2.05) is 11.8 Å². The van der Waals surface area contributed by atoms with Gasteiger partial charge in [-0.05, 0) is 50.3 Å². The molecular formula is C15H23NS. The third-order valence-corrected chi connectivity index (χ3v) is 5.23. The highest BCUT2D eigenvalue weighted by molar-refractivity contribution is 8.00. The Bertz CT molecular complexity index is 346. The highest BCUT2D eigenvalue weighted by Crippen LogP contribution is 2.39. The fourth-order valence-electron chi connectivity index (χ4n) is 2.60. The van der Waals surface area contributed by atoms with Gasteiger partial charge in [0.2, 0.25) is 0 Å². The smallest absolute Gasteiger partial charge is 0.0137 e. The van der Waals surface area contributed by atoms with E-state index in [2.05, 4.69) is 38.1 Å². The van der Waals surface area contributed by atoms with Crippen LogP contribution in [0.4, 0.5) is 0 Å². The fourth-order valence-corrected chi connectivity index (χ4v) is 4.10. The lowest BCUT2D eigenvalue weighted by atomic mass is 9.82. The van der Waals surface area contributed by atoms with E-state index < -0.39 is 0 Å². The minimum atomic E-state index is 0.706. The molecule has 2 N–H and O–H groups in total. The van der Waals surface area contributed by atoms with Crippen LogP contribution in [0, 0.1) is 18.8 Å². The third-order valence-electron chi connectivity index (χ3n) is 3.80. The van der Waals surface area contributed by atoms with Crippen molar-refractivity contribution in [2.75, 3.05) is 6.54 Å². The van der Waals surface area contributed by atoms with Gasteiger partial charge in [0.15, 0.2) is 0 Å². The zero-order valence-electron chi connectivity index (χ0n) is 10.9. The topological polar surface area (TPSA) is 26.0 Å². The molecule has 1 nitrogen and oxygen atoms in total. The maximum Gasteiger partial charge on any atom is 0.0137 e. The third kappa shape index (κ3) is 3.49. The van der Waals surface area contributed by atoms with Gasteiger partial charge in [-0.1, -0.05) is 31.0 Å². The molecule has 94 valence electrons. The van der Waals surface area contributed by atoms with E-state index in [0.717, 1.165) is 12.5 Å². The van der Waals surface area contributed by atoms with Crippen LogP contribution in [0.1, 0.15) is 31.7 Å². The van der Waals surface area contributed by atoms with Gasteiger partial charge in [0, 0.05) is 10.1 Å². The molecule has 0 bridgehead atoms. The van der Waals surface area contributed by atoms with Gasteiger partial charge in [-0.3, -0.25) is 0 Å². The van der Waals surface area contributed by atoms with Crippen molar-refractivity contribution >= 4 is 11.8 Å². The summed E-state index contributed by atoms with van der Waals surface area (Å²) in [6.07, 6.45) is 3.98. The van der Waals surface area contributed by atoms with Gasteiger partial charge in [0.1, 0.15) is 0 Å². The van der Waals surface area contributed by atoms with Gasteiger partial charge < -0.3 is 5.73 Å². The molecule has 0 radical (unpaired) electrons. The Morgan fingerprint density at radius 3 is 2.59 bits per heavy atom. The summed E-state index contributed by atoms with van der Waals surface area (Å²) in [7, 11) is 0. The van der Waals surface area contributed by atoms with Crippen molar-refractivity contribution in [3.63, 3.8) is 0 Å². The lowest BCUT2D eigenvalue weighted by molar-refractivity contribution is 0.306. The molecule has 0 aromatic heterocycles. The molecule has 1 saturated carbocycles. The Hall–Kier alpha value is -0.470. The van der Waals surface area contributed by atoms with Crippen LogP contribution in [-0.2, 0) is 0 Å². The lowest BCUT2D eigenvalue weighted by Gasteiger charge is -2.33. The molecule has 1 aliphatic carbocycles. The second-order valence-electron chi connectivity index (χ2n) is 5.38. The van der Waals surface area contributed by atoms with Crippen LogP contribution in [-0.4, -0.2) is 11.8 Å². The number of aryl methyl sites for hydroxylation is 1. The molecule has 17 heavy (non-hydrogen) atoms. The zero-order chi connectivity index (χ0) is 12.3. The van der Waals surface area contributed by atoms with Crippen molar-refractivity contribution in [1.29, 1.82) is 0 Å². The first-order chi connectivity index (χ1) is 8.19. The van der Waals surface area contributed by atoms with E-state index >= 15 is 0 Å². The van der Waals surface area contributed by atoms with Crippen LogP contribution in [0.5, 0.6) is 0 Å². The minimum Gasteiger partial charge on any atom is -0.330 e. The Morgan fingerprint density at radius 2 is 1.94 bits per heavy atom. The zero-order valence-corrected chi connectivity index (χ0v) is 11.7. The number of thioether (sulfide) groups is 1. The van der Waals surface area contributed by atoms with Crippen molar-refractivity contribution in [2.24, 2.45) is 17.6 Å². The van der Waals surface area contributed by atoms with Crippen molar-refractivity contribution in [3.8, 4) is 0 Å². The molecule has 0 amide bonds. The van der Waals surface area contributed by atoms with Crippen molar-refractivity contribution in [3.05, 3.63) is 29.8 Å². The van der Waals surface area contributed by atoms with Gasteiger partial charge >= 0.3 is 0 Å². The van der Waals surface area contributed by atoms with Crippen LogP contribution in [0.2, 0.25) is 0 Å². The van der Waals surface area contributed by atoms with Crippen molar-refractivity contribution in [2.45, 2.75) is 43.3 Å². The SMILES string of the molecule is Cc1ccc(SC2CC(C)CCC2CN)cc1. The lowest BCUT2D eigenvalue weighted by Crippen LogP contribution is -2.31. The molecule has 3 unspecified atom stereocenters. The standard InChI is InChI=1S/C15H23NS/c1-11-4-7-14(8-5-11)17-15-9-12(2)3-6-13(15)10-16/h4-5,7-8,12-13,15H,3,6,9-10,16H2,1-2H3. The summed E-state index contributed by atoms with van der Waals surface area (Å²) in [5.74, 6) is 1.57. The average Bonchev–Trinajstić information content (AvgIpc) is 2.32. The average molecular weight is 249 g/mol. The normalized spacial score (nSPS) is 29.2. The van der Waals surface area contributed by atoms with Crippen LogP contribution in [0.15, 0.2) is 29.2 Å². The van der Waals surface area contributed by atoms with Crippen LogP contribution in [0.3, 0.4) is 0 Å². The summed E-state index contributed by atoms with van der Waals surface area (Å²) < 4.78 is 0. The second-order valence-corrected chi connectivity index (χ2v) is 6.70. The van der Waals surface area contributed by atoms with Gasteiger partial charge in [0.25, 0.3) is 0 Å². The van der Waals surface area contributed by atoms with E-state index in [4.69, 9.17) is 5.73 Å². The molecule has 1 aromatic rings. The highest BCUT2D eigenvalue weighted by Gasteiger charge is 2.28. The number of hydrogen-bond donors (Lipinski definition) is 1. The van der Waals surface area contributed by atoms with E-state index in [0.29, 0.717) is 11.2 Å². The summed E-state index contributed by atoms with van der Waals surface area (Å²) >= 11 is 2.03. The number of hydrogen-bond acceptors (Lipinski definition) is 2. The van der Waals surface area contributed by atoms with Gasteiger partial charge in [-0.15, -0.1) is 11.8 Å². The summed E-state index contributed by atoms with van der Waals surface area (Å²) in [4.78, 5) is 1.40. The second kappa shape index (κ2) is 5.92. The van der Waals surface area contributed by atoms with Crippen LogP contribution >= 0.6 is 11.8 Å². The summed E-state index contributed by atoms with van der Waals surface area (Å²) in [5, 5.41) is 0.714. The predicted molar refractivity (Wildman–Crippen MR) is 76.4 cm³/mol. The number of nitrogens with two attached hydrogens (primary N) is 1. The summed E-state index contributed by atoms with van der Waals surface area (Å²) in [6, 6.07) is 8.89. The highest BCUT2D eigenvalue weighted by atomic mass is 32.2. The Morgan fingerprint density at radius 1 is 1.24 bits per heavy atom. The molecule has 3 atom stereocenters. The van der Waals surface area contributed by atoms with Gasteiger partial charge in [-0.25, -0.2) is 0 Å². The largest absolute Gasteiger partial charge is 0.330 e. The Balaban J connectivity index is 2.02. The van der Waals surface area contributed by atoms with E-state index in [-0.39, 0.29) is 0 Å². The molecule has 0 aliphatic heterocycles. The van der Waals surface area contributed by atoms with Crippen molar-refractivity contribution in [1.82, 2.24) is 0 Å². The maximum absolute atomic E-state index is 5.90. The summed E-state index contributed by atoms with van der Waals surface area (Å²) in [6.45, 7) is 5.35. The Kier molecular flexibility index (Phi) is 4.52. The first-order valence-corrected chi connectivity index (χ1v) is 7.50. The molecule has 2 rings (SSSR count). The van der Waals surface area contributed by atoms with E-state index in [9.17, 15) is 0 Å². The molecule has 0 heterocycles. The first kappa shape index (κ1) is 13.0.